The molecule has 0 aliphatic carbocycles. The average Bonchev–Trinajstić information content (AvgIpc) is 3.18. The third kappa shape index (κ3) is 3.37. The van der Waals surface area contributed by atoms with Crippen LogP contribution in [0.25, 0.3) is 33.3 Å². The zero-order chi connectivity index (χ0) is 20.5. The molecule has 0 saturated carbocycles. The number of carbonyl (C=O) groups excluding carboxylic acids is 1. The molecule has 0 aliphatic rings. The van der Waals surface area contributed by atoms with Crippen LogP contribution in [0.1, 0.15) is 5.56 Å². The predicted octanol–water partition coefficient (Wildman–Crippen LogP) is 5.53. The molecule has 0 spiro atoms. The molecule has 0 fully saturated rings. The number of aromatic nitrogens is 1. The van der Waals surface area contributed by atoms with Crippen molar-refractivity contribution in [3.8, 4) is 17.2 Å². The molecule has 0 bridgehead atoms. The summed E-state index contributed by atoms with van der Waals surface area (Å²) in [6.07, 6.45) is 0.245. The zero-order valence-electron chi connectivity index (χ0n) is 16.0. The van der Waals surface area contributed by atoms with Gasteiger partial charge in [-0.05, 0) is 40.6 Å². The third-order valence-electron chi connectivity index (χ3n) is 5.04. The molecule has 5 aromatic rings. The van der Waals surface area contributed by atoms with Gasteiger partial charge in [0.15, 0.2) is 5.58 Å². The highest BCUT2D eigenvalue weighted by atomic mass is 16.3. The van der Waals surface area contributed by atoms with Crippen molar-refractivity contribution in [3.63, 3.8) is 0 Å². The van der Waals surface area contributed by atoms with Crippen LogP contribution in [0.3, 0.4) is 0 Å². The van der Waals surface area contributed by atoms with E-state index in [1.54, 1.807) is 12.1 Å². The Balaban J connectivity index is 1.36. The van der Waals surface area contributed by atoms with Crippen LogP contribution in [0, 0.1) is 0 Å². The van der Waals surface area contributed by atoms with Crippen LogP contribution in [0.4, 0.5) is 5.69 Å². The van der Waals surface area contributed by atoms with Gasteiger partial charge < -0.3 is 14.8 Å². The van der Waals surface area contributed by atoms with Crippen LogP contribution < -0.4 is 5.32 Å². The molecular formula is C25H18N2O3. The van der Waals surface area contributed by atoms with Gasteiger partial charge in [0, 0.05) is 11.8 Å². The molecule has 1 heterocycles. The molecule has 0 atom stereocenters. The lowest BCUT2D eigenvalue weighted by Gasteiger charge is -2.09. The van der Waals surface area contributed by atoms with Crippen molar-refractivity contribution < 1.29 is 14.3 Å². The number of aromatic hydroxyl groups is 1. The Morgan fingerprint density at radius 1 is 0.933 bits per heavy atom. The van der Waals surface area contributed by atoms with Crippen molar-refractivity contribution >= 4 is 33.5 Å². The summed E-state index contributed by atoms with van der Waals surface area (Å²) < 4.78 is 5.72. The van der Waals surface area contributed by atoms with Crippen molar-refractivity contribution in [2.45, 2.75) is 6.42 Å². The predicted molar refractivity (Wildman–Crippen MR) is 117 cm³/mol. The Hall–Kier alpha value is -4.12. The number of fused-ring (bicyclic) bond motifs is 2. The van der Waals surface area contributed by atoms with E-state index in [0.29, 0.717) is 22.7 Å². The van der Waals surface area contributed by atoms with Crippen LogP contribution in [0.5, 0.6) is 5.75 Å². The second-order valence-electron chi connectivity index (χ2n) is 7.08. The summed E-state index contributed by atoms with van der Waals surface area (Å²) in [4.78, 5) is 17.0. The number of benzene rings is 4. The first-order valence-electron chi connectivity index (χ1n) is 9.63. The lowest BCUT2D eigenvalue weighted by Crippen LogP contribution is -2.14. The fourth-order valence-corrected chi connectivity index (χ4v) is 3.60. The smallest absolute Gasteiger partial charge is 0.231 e. The van der Waals surface area contributed by atoms with Crippen molar-refractivity contribution in [2.24, 2.45) is 0 Å². The molecule has 1 aromatic heterocycles. The maximum Gasteiger partial charge on any atom is 0.231 e. The maximum absolute atomic E-state index is 12.6. The van der Waals surface area contributed by atoms with Gasteiger partial charge >= 0.3 is 0 Å². The van der Waals surface area contributed by atoms with Crippen LogP contribution in [-0.4, -0.2) is 16.0 Å². The normalized spacial score (nSPS) is 11.1. The minimum absolute atomic E-state index is 0.00971. The summed E-state index contributed by atoms with van der Waals surface area (Å²) in [5.74, 6) is 0.173. The molecule has 0 radical (unpaired) electrons. The monoisotopic (exact) mass is 394 g/mol. The minimum atomic E-state index is -0.152. The number of hydrogen-bond acceptors (Lipinski definition) is 4. The number of rotatable bonds is 4. The van der Waals surface area contributed by atoms with E-state index in [0.717, 1.165) is 21.9 Å². The number of nitrogens with one attached hydrogen (secondary N) is 1. The van der Waals surface area contributed by atoms with Crippen molar-refractivity contribution in [3.05, 3.63) is 90.5 Å². The first-order valence-corrected chi connectivity index (χ1v) is 9.63. The summed E-state index contributed by atoms with van der Waals surface area (Å²) >= 11 is 0. The SMILES string of the molecule is O=C(Cc1cccc2ccccc12)Nc1ccc(-c2nc3ccccc3o2)c(O)c1. The Morgan fingerprint density at radius 2 is 1.73 bits per heavy atom. The quantitative estimate of drug-likeness (QED) is 0.420. The largest absolute Gasteiger partial charge is 0.507 e. The Morgan fingerprint density at radius 3 is 2.60 bits per heavy atom. The van der Waals surface area contributed by atoms with Gasteiger partial charge in [-0.25, -0.2) is 4.98 Å². The topological polar surface area (TPSA) is 75.4 Å². The zero-order valence-corrected chi connectivity index (χ0v) is 16.0. The second kappa shape index (κ2) is 7.37. The van der Waals surface area contributed by atoms with E-state index in [9.17, 15) is 9.90 Å². The number of carbonyl (C=O) groups is 1. The molecule has 30 heavy (non-hydrogen) atoms. The molecule has 4 aromatic carbocycles. The molecular weight excluding hydrogens is 376 g/mol. The molecule has 5 heteroatoms. The number of phenols is 1. The second-order valence-corrected chi connectivity index (χ2v) is 7.08. The molecule has 5 nitrogen and oxygen atoms in total. The Labute approximate surface area is 172 Å². The number of phenolic OH excluding ortho intramolecular Hbond substituents is 1. The summed E-state index contributed by atoms with van der Waals surface area (Å²) in [6, 6.07) is 26.3. The van der Waals surface area contributed by atoms with E-state index in [1.807, 2.05) is 66.7 Å². The highest BCUT2D eigenvalue weighted by Crippen LogP contribution is 2.33. The fraction of sp³-hybridized carbons (Fsp3) is 0.0400. The van der Waals surface area contributed by atoms with Crippen LogP contribution in [0.2, 0.25) is 0 Å². The van der Waals surface area contributed by atoms with E-state index < -0.39 is 0 Å². The van der Waals surface area contributed by atoms with Crippen LogP contribution in [0.15, 0.2) is 89.3 Å². The van der Waals surface area contributed by atoms with Gasteiger partial charge in [-0.15, -0.1) is 0 Å². The summed E-state index contributed by atoms with van der Waals surface area (Å²) in [6.45, 7) is 0. The van der Waals surface area contributed by atoms with E-state index in [2.05, 4.69) is 10.3 Å². The minimum Gasteiger partial charge on any atom is -0.507 e. The number of oxazole rings is 1. The van der Waals surface area contributed by atoms with Crippen molar-refractivity contribution in [1.82, 2.24) is 4.98 Å². The van der Waals surface area contributed by atoms with E-state index in [4.69, 9.17) is 4.42 Å². The first kappa shape index (κ1) is 17.9. The van der Waals surface area contributed by atoms with Gasteiger partial charge in [0.1, 0.15) is 11.3 Å². The molecule has 146 valence electrons. The molecule has 0 aliphatic heterocycles. The highest BCUT2D eigenvalue weighted by Gasteiger charge is 2.14. The molecule has 1 amide bonds. The van der Waals surface area contributed by atoms with Crippen LogP contribution in [-0.2, 0) is 11.2 Å². The standard InChI is InChI=1S/C25H18N2O3/c28-22-15-18(12-13-20(22)25-27-21-10-3-4-11-23(21)30-25)26-24(29)14-17-8-5-7-16-6-1-2-9-19(16)17/h1-13,15,28H,14H2,(H,26,29). The lowest BCUT2D eigenvalue weighted by molar-refractivity contribution is -0.115. The third-order valence-corrected chi connectivity index (χ3v) is 5.04. The summed E-state index contributed by atoms with van der Waals surface area (Å²) in [5.41, 5.74) is 3.31. The first-order chi connectivity index (χ1) is 14.7. The van der Waals surface area contributed by atoms with E-state index in [-0.39, 0.29) is 18.1 Å². The summed E-state index contributed by atoms with van der Waals surface area (Å²) in [5, 5.41) is 15.5. The molecule has 2 N–H and O–H groups in total. The average molecular weight is 394 g/mol. The van der Waals surface area contributed by atoms with E-state index in [1.165, 1.54) is 6.07 Å². The number of hydrogen-bond donors (Lipinski definition) is 2. The molecule has 5 rings (SSSR count). The number of amides is 1. The van der Waals surface area contributed by atoms with Crippen LogP contribution >= 0.6 is 0 Å². The van der Waals surface area contributed by atoms with Crippen molar-refractivity contribution in [1.29, 1.82) is 0 Å². The number of anilines is 1. The number of nitrogens with zero attached hydrogens (tertiary/aromatic N) is 1. The Kier molecular flexibility index (Phi) is 4.41. The molecule has 0 unspecified atom stereocenters. The molecule has 0 saturated heterocycles. The van der Waals surface area contributed by atoms with Gasteiger partial charge in [0.05, 0.1) is 12.0 Å². The lowest BCUT2D eigenvalue weighted by atomic mass is 10.0. The number of para-hydroxylation sites is 2. The van der Waals surface area contributed by atoms with Gasteiger partial charge in [-0.1, -0.05) is 54.6 Å². The van der Waals surface area contributed by atoms with Gasteiger partial charge in [-0.2, -0.15) is 0 Å². The van der Waals surface area contributed by atoms with Crippen molar-refractivity contribution in [2.75, 3.05) is 5.32 Å². The van der Waals surface area contributed by atoms with E-state index >= 15 is 0 Å². The van der Waals surface area contributed by atoms with Gasteiger partial charge in [0.2, 0.25) is 11.8 Å². The van der Waals surface area contributed by atoms with Gasteiger partial charge in [-0.3, -0.25) is 4.79 Å². The Bertz CT molecular complexity index is 1350. The summed E-state index contributed by atoms with van der Waals surface area (Å²) in [7, 11) is 0. The fourth-order valence-electron chi connectivity index (χ4n) is 3.60. The highest BCUT2D eigenvalue weighted by molar-refractivity contribution is 5.96. The maximum atomic E-state index is 12.6. The van der Waals surface area contributed by atoms with Gasteiger partial charge in [0.25, 0.3) is 0 Å².